The molecule has 0 rings (SSSR count). The van der Waals surface area contributed by atoms with Crippen LogP contribution in [0.15, 0.2) is 11.6 Å². The van der Waals surface area contributed by atoms with E-state index >= 15 is 0 Å². The largest absolute Gasteiger partial charge is 0.396 e. The van der Waals surface area contributed by atoms with Gasteiger partial charge in [-0.1, -0.05) is 63.9 Å². The van der Waals surface area contributed by atoms with E-state index in [0.29, 0.717) is 12.2 Å². The Kier molecular flexibility index (Phi) is 14.0. The third kappa shape index (κ3) is 13.6. The molecule has 3 nitrogen and oxygen atoms in total. The summed E-state index contributed by atoms with van der Waals surface area (Å²) in [5, 5.41) is 8.66. The Morgan fingerprint density at radius 1 is 0.850 bits per heavy atom. The zero-order chi connectivity index (χ0) is 15.1. The van der Waals surface area contributed by atoms with Crippen LogP contribution in [-0.4, -0.2) is 17.6 Å². The topological polar surface area (TPSA) is 63.3 Å². The molecule has 20 heavy (non-hydrogen) atoms. The lowest BCUT2D eigenvalue weighted by Crippen LogP contribution is -2.11. The lowest BCUT2D eigenvalue weighted by molar-refractivity contribution is -0.114. The fraction of sp³-hybridized carbons (Fsp3) is 0.824. The molecule has 0 aliphatic carbocycles. The van der Waals surface area contributed by atoms with Crippen molar-refractivity contribution in [2.75, 3.05) is 6.61 Å². The van der Waals surface area contributed by atoms with E-state index in [1.54, 1.807) is 6.92 Å². The number of unbranched alkanes of at least 4 members (excludes halogenated alkanes) is 11. The van der Waals surface area contributed by atoms with E-state index in [1.165, 1.54) is 57.8 Å². The van der Waals surface area contributed by atoms with E-state index in [0.717, 1.165) is 19.3 Å². The standard InChI is InChI=1S/C17H33NO2/c1-16(17(18)20)14-12-10-8-6-4-2-3-5-7-9-11-13-15-19/h14,19H,2-13,15H2,1H3,(H2,18,20)/b16-14+. The molecule has 0 unspecified atom stereocenters. The molecule has 0 saturated carbocycles. The highest BCUT2D eigenvalue weighted by Crippen LogP contribution is 2.12. The van der Waals surface area contributed by atoms with E-state index in [1.807, 2.05) is 6.08 Å². The number of allylic oxidation sites excluding steroid dienone is 1. The molecule has 0 fully saturated rings. The fourth-order valence-electron chi connectivity index (χ4n) is 2.27. The Balaban J connectivity index is 3.14. The highest BCUT2D eigenvalue weighted by atomic mass is 16.2. The molecular weight excluding hydrogens is 250 g/mol. The van der Waals surface area contributed by atoms with Gasteiger partial charge in [0.05, 0.1) is 0 Å². The number of hydrogen-bond donors (Lipinski definition) is 2. The summed E-state index contributed by atoms with van der Waals surface area (Å²) in [4.78, 5) is 10.8. The van der Waals surface area contributed by atoms with Gasteiger partial charge in [0.2, 0.25) is 5.91 Å². The quantitative estimate of drug-likeness (QED) is 0.372. The van der Waals surface area contributed by atoms with Gasteiger partial charge in [-0.15, -0.1) is 0 Å². The van der Waals surface area contributed by atoms with Crippen LogP contribution in [0, 0.1) is 0 Å². The van der Waals surface area contributed by atoms with Gasteiger partial charge in [-0.3, -0.25) is 4.79 Å². The van der Waals surface area contributed by atoms with Crippen molar-refractivity contribution in [3.63, 3.8) is 0 Å². The molecule has 1 amide bonds. The lowest BCUT2D eigenvalue weighted by atomic mass is 10.0. The Morgan fingerprint density at radius 3 is 1.65 bits per heavy atom. The average molecular weight is 283 g/mol. The maximum absolute atomic E-state index is 10.8. The summed E-state index contributed by atoms with van der Waals surface area (Å²) in [5.74, 6) is -0.302. The predicted molar refractivity (Wildman–Crippen MR) is 85.4 cm³/mol. The van der Waals surface area contributed by atoms with Gasteiger partial charge in [-0.25, -0.2) is 0 Å². The summed E-state index contributed by atoms with van der Waals surface area (Å²) >= 11 is 0. The number of carbonyl (C=O) groups excluding carboxylic acids is 1. The van der Waals surface area contributed by atoms with Crippen molar-refractivity contribution in [1.82, 2.24) is 0 Å². The van der Waals surface area contributed by atoms with Crippen LogP contribution in [0.25, 0.3) is 0 Å². The molecule has 0 spiro atoms. The van der Waals surface area contributed by atoms with Crippen LogP contribution < -0.4 is 5.73 Å². The summed E-state index contributed by atoms with van der Waals surface area (Å²) in [6, 6.07) is 0. The molecule has 0 heterocycles. The number of rotatable bonds is 14. The summed E-state index contributed by atoms with van der Waals surface area (Å²) in [5.41, 5.74) is 5.85. The highest BCUT2D eigenvalue weighted by Gasteiger charge is 1.96. The van der Waals surface area contributed by atoms with Gasteiger partial charge >= 0.3 is 0 Å². The van der Waals surface area contributed by atoms with Crippen molar-refractivity contribution in [2.24, 2.45) is 5.73 Å². The smallest absolute Gasteiger partial charge is 0.244 e. The minimum absolute atomic E-state index is 0.302. The summed E-state index contributed by atoms with van der Waals surface area (Å²) in [7, 11) is 0. The van der Waals surface area contributed by atoms with Crippen LogP contribution >= 0.6 is 0 Å². The molecule has 0 saturated heterocycles. The molecule has 0 aliphatic heterocycles. The molecule has 0 aromatic rings. The van der Waals surface area contributed by atoms with Gasteiger partial charge in [0.25, 0.3) is 0 Å². The lowest BCUT2D eigenvalue weighted by Gasteiger charge is -2.02. The van der Waals surface area contributed by atoms with Crippen LogP contribution in [0.5, 0.6) is 0 Å². The first-order chi connectivity index (χ1) is 9.68. The summed E-state index contributed by atoms with van der Waals surface area (Å²) < 4.78 is 0. The number of carbonyl (C=O) groups is 1. The van der Waals surface area contributed by atoms with Gasteiger partial charge in [0.1, 0.15) is 0 Å². The second kappa shape index (κ2) is 14.6. The normalized spacial score (nSPS) is 11.8. The first-order valence-electron chi connectivity index (χ1n) is 8.26. The second-order valence-electron chi connectivity index (χ2n) is 5.65. The molecular formula is C17H33NO2. The average Bonchev–Trinajstić information content (AvgIpc) is 2.43. The maximum Gasteiger partial charge on any atom is 0.244 e. The van der Waals surface area contributed by atoms with Crippen molar-refractivity contribution in [2.45, 2.75) is 84.0 Å². The Labute approximate surface area is 124 Å². The Bertz CT molecular complexity index is 262. The van der Waals surface area contributed by atoms with E-state index in [4.69, 9.17) is 10.8 Å². The van der Waals surface area contributed by atoms with Crippen LogP contribution in [0.2, 0.25) is 0 Å². The van der Waals surface area contributed by atoms with Crippen LogP contribution in [0.4, 0.5) is 0 Å². The van der Waals surface area contributed by atoms with Gasteiger partial charge in [-0.05, 0) is 26.2 Å². The monoisotopic (exact) mass is 283 g/mol. The maximum atomic E-state index is 10.8. The number of aliphatic hydroxyl groups excluding tert-OH is 1. The van der Waals surface area contributed by atoms with E-state index in [2.05, 4.69) is 0 Å². The molecule has 0 aromatic carbocycles. The fourth-order valence-corrected chi connectivity index (χ4v) is 2.27. The van der Waals surface area contributed by atoms with Crippen molar-refractivity contribution in [3.05, 3.63) is 11.6 Å². The molecule has 3 heteroatoms. The minimum atomic E-state index is -0.302. The van der Waals surface area contributed by atoms with Crippen molar-refractivity contribution in [1.29, 1.82) is 0 Å². The number of primary amides is 1. The molecule has 0 atom stereocenters. The van der Waals surface area contributed by atoms with E-state index < -0.39 is 0 Å². The third-order valence-corrected chi connectivity index (χ3v) is 3.70. The zero-order valence-electron chi connectivity index (χ0n) is 13.2. The summed E-state index contributed by atoms with van der Waals surface area (Å²) in [6.45, 7) is 2.12. The summed E-state index contributed by atoms with van der Waals surface area (Å²) in [6.07, 6.45) is 16.7. The van der Waals surface area contributed by atoms with Crippen LogP contribution in [0.1, 0.15) is 84.0 Å². The van der Waals surface area contributed by atoms with Gasteiger partial charge < -0.3 is 10.8 Å². The van der Waals surface area contributed by atoms with Crippen molar-refractivity contribution >= 4 is 5.91 Å². The first-order valence-corrected chi connectivity index (χ1v) is 8.26. The zero-order valence-corrected chi connectivity index (χ0v) is 13.2. The highest BCUT2D eigenvalue weighted by molar-refractivity contribution is 5.91. The SMILES string of the molecule is C/C(=C\CCCCCCCCCCCCCO)C(N)=O. The second-order valence-corrected chi connectivity index (χ2v) is 5.65. The van der Waals surface area contributed by atoms with Gasteiger partial charge in [0, 0.05) is 12.2 Å². The molecule has 0 bridgehead atoms. The number of nitrogens with two attached hydrogens (primary N) is 1. The minimum Gasteiger partial charge on any atom is -0.396 e. The molecule has 0 radical (unpaired) electrons. The van der Waals surface area contributed by atoms with E-state index in [9.17, 15) is 4.79 Å². The third-order valence-electron chi connectivity index (χ3n) is 3.70. The van der Waals surface area contributed by atoms with Crippen molar-refractivity contribution in [3.8, 4) is 0 Å². The number of hydrogen-bond acceptors (Lipinski definition) is 2. The van der Waals surface area contributed by atoms with Crippen LogP contribution in [-0.2, 0) is 4.79 Å². The molecule has 0 aromatic heterocycles. The molecule has 0 aliphatic rings. The number of amides is 1. The Hall–Kier alpha value is -0.830. The first kappa shape index (κ1) is 19.2. The molecule has 3 N–H and O–H groups in total. The molecule has 118 valence electrons. The Morgan fingerprint density at radius 2 is 1.25 bits per heavy atom. The van der Waals surface area contributed by atoms with E-state index in [-0.39, 0.29) is 5.91 Å². The van der Waals surface area contributed by atoms with Gasteiger partial charge in [-0.2, -0.15) is 0 Å². The van der Waals surface area contributed by atoms with Gasteiger partial charge in [0.15, 0.2) is 0 Å². The van der Waals surface area contributed by atoms with Crippen molar-refractivity contribution < 1.29 is 9.90 Å². The predicted octanol–water partition coefficient (Wildman–Crippen LogP) is 4.09. The number of aliphatic hydroxyl groups is 1. The van der Waals surface area contributed by atoms with Crippen LogP contribution in [0.3, 0.4) is 0 Å².